The molecule has 2 aromatic rings. The van der Waals surface area contributed by atoms with E-state index in [9.17, 15) is 9.18 Å². The van der Waals surface area contributed by atoms with Gasteiger partial charge in [-0.15, -0.1) is 0 Å². The van der Waals surface area contributed by atoms with Crippen molar-refractivity contribution in [2.75, 3.05) is 13.1 Å². The standard InChI is InChI=1S/C22H27FN2O2/c1-16(2)27-19-9-7-17(8-10-19)15-24-18-11-13-25(14-12-18)22(26)20-5-3-4-6-21(20)23/h3-10,16,18,24H,11-15H2,1-2H3. The topological polar surface area (TPSA) is 41.6 Å². The molecule has 0 saturated carbocycles. The summed E-state index contributed by atoms with van der Waals surface area (Å²) in [4.78, 5) is 14.2. The molecule has 0 aromatic heterocycles. The Kier molecular flexibility index (Phi) is 6.45. The summed E-state index contributed by atoms with van der Waals surface area (Å²) in [6.45, 7) is 6.10. The second-order valence-corrected chi connectivity index (χ2v) is 7.24. The number of nitrogens with zero attached hydrogens (tertiary/aromatic N) is 1. The van der Waals surface area contributed by atoms with Gasteiger partial charge in [0.05, 0.1) is 11.7 Å². The maximum atomic E-state index is 13.8. The van der Waals surface area contributed by atoms with Crippen LogP contribution in [0.3, 0.4) is 0 Å². The third-order valence-corrected chi connectivity index (χ3v) is 4.78. The number of hydrogen-bond acceptors (Lipinski definition) is 3. The Morgan fingerprint density at radius 1 is 1.15 bits per heavy atom. The minimum absolute atomic E-state index is 0.160. The Hall–Kier alpha value is -2.40. The first kappa shape index (κ1) is 19.4. The number of amides is 1. The number of benzene rings is 2. The van der Waals surface area contributed by atoms with Crippen molar-refractivity contribution in [1.29, 1.82) is 0 Å². The van der Waals surface area contributed by atoms with Gasteiger partial charge in [0, 0.05) is 25.7 Å². The van der Waals surface area contributed by atoms with E-state index in [4.69, 9.17) is 4.74 Å². The minimum Gasteiger partial charge on any atom is -0.491 e. The van der Waals surface area contributed by atoms with Gasteiger partial charge in [-0.2, -0.15) is 0 Å². The molecule has 0 spiro atoms. The summed E-state index contributed by atoms with van der Waals surface area (Å²) in [6, 6.07) is 14.7. The van der Waals surface area contributed by atoms with Gasteiger partial charge in [0.1, 0.15) is 11.6 Å². The van der Waals surface area contributed by atoms with Gasteiger partial charge in [-0.05, 0) is 56.5 Å². The Labute approximate surface area is 160 Å². The fourth-order valence-corrected chi connectivity index (χ4v) is 3.31. The molecule has 27 heavy (non-hydrogen) atoms. The van der Waals surface area contributed by atoms with Gasteiger partial charge in [-0.3, -0.25) is 4.79 Å². The van der Waals surface area contributed by atoms with Gasteiger partial charge in [-0.1, -0.05) is 24.3 Å². The number of rotatable bonds is 6. The lowest BCUT2D eigenvalue weighted by atomic mass is 10.0. The van der Waals surface area contributed by atoms with E-state index >= 15 is 0 Å². The van der Waals surface area contributed by atoms with Crippen LogP contribution in [-0.2, 0) is 6.54 Å². The molecule has 0 atom stereocenters. The van der Waals surface area contributed by atoms with Crippen LogP contribution in [0.2, 0.25) is 0 Å². The van der Waals surface area contributed by atoms with Crippen molar-refractivity contribution in [2.45, 2.75) is 45.4 Å². The molecule has 1 fully saturated rings. The number of ether oxygens (including phenoxy) is 1. The predicted octanol–water partition coefficient (Wildman–Crippen LogP) is 4.01. The van der Waals surface area contributed by atoms with Crippen LogP contribution in [0.4, 0.5) is 4.39 Å². The van der Waals surface area contributed by atoms with E-state index in [2.05, 4.69) is 17.4 Å². The summed E-state index contributed by atoms with van der Waals surface area (Å²) < 4.78 is 19.5. The SMILES string of the molecule is CC(C)Oc1ccc(CNC2CCN(C(=O)c3ccccc3F)CC2)cc1. The van der Waals surface area contributed by atoms with Crippen LogP contribution < -0.4 is 10.1 Å². The largest absolute Gasteiger partial charge is 0.491 e. The summed E-state index contributed by atoms with van der Waals surface area (Å²) >= 11 is 0. The van der Waals surface area contributed by atoms with Crippen LogP contribution in [-0.4, -0.2) is 36.0 Å². The lowest BCUT2D eigenvalue weighted by Crippen LogP contribution is -2.44. The van der Waals surface area contributed by atoms with E-state index in [0.717, 1.165) is 25.1 Å². The molecule has 1 aliphatic rings. The zero-order valence-corrected chi connectivity index (χ0v) is 16.0. The summed E-state index contributed by atoms with van der Waals surface area (Å²) in [5.74, 6) is 0.216. The summed E-state index contributed by atoms with van der Waals surface area (Å²) in [6.07, 6.45) is 1.91. The third-order valence-electron chi connectivity index (χ3n) is 4.78. The van der Waals surface area contributed by atoms with Crippen molar-refractivity contribution in [3.8, 4) is 5.75 Å². The Morgan fingerprint density at radius 3 is 2.44 bits per heavy atom. The normalized spacial score (nSPS) is 15.2. The quantitative estimate of drug-likeness (QED) is 0.835. The zero-order chi connectivity index (χ0) is 19.2. The number of piperidine rings is 1. The van der Waals surface area contributed by atoms with Gasteiger partial charge in [0.25, 0.3) is 5.91 Å². The second-order valence-electron chi connectivity index (χ2n) is 7.24. The van der Waals surface area contributed by atoms with Gasteiger partial charge in [0.2, 0.25) is 0 Å². The molecule has 2 aromatic carbocycles. The van der Waals surface area contributed by atoms with Crippen LogP contribution in [0, 0.1) is 5.82 Å². The van der Waals surface area contributed by atoms with Crippen LogP contribution in [0.1, 0.15) is 42.6 Å². The Morgan fingerprint density at radius 2 is 1.81 bits per heavy atom. The fourth-order valence-electron chi connectivity index (χ4n) is 3.31. The maximum absolute atomic E-state index is 13.8. The average molecular weight is 370 g/mol. The van der Waals surface area contributed by atoms with Crippen LogP contribution in [0.15, 0.2) is 48.5 Å². The highest BCUT2D eigenvalue weighted by Crippen LogP contribution is 2.17. The summed E-state index contributed by atoms with van der Waals surface area (Å²) in [5.41, 5.74) is 1.36. The predicted molar refractivity (Wildman–Crippen MR) is 104 cm³/mol. The van der Waals surface area contributed by atoms with Crippen molar-refractivity contribution in [3.63, 3.8) is 0 Å². The summed E-state index contributed by atoms with van der Waals surface area (Å²) in [5, 5.41) is 3.56. The molecular formula is C22H27FN2O2. The molecule has 144 valence electrons. The maximum Gasteiger partial charge on any atom is 0.256 e. The molecule has 1 heterocycles. The monoisotopic (exact) mass is 370 g/mol. The van der Waals surface area contributed by atoms with E-state index in [-0.39, 0.29) is 17.6 Å². The number of likely N-dealkylation sites (tertiary alicyclic amines) is 1. The molecule has 0 bridgehead atoms. The van der Waals surface area contributed by atoms with Crippen molar-refractivity contribution in [2.24, 2.45) is 0 Å². The van der Waals surface area contributed by atoms with Crippen LogP contribution >= 0.6 is 0 Å². The molecule has 1 saturated heterocycles. The number of carbonyl (C=O) groups is 1. The minimum atomic E-state index is -0.451. The number of carbonyl (C=O) groups excluding carboxylic acids is 1. The molecule has 1 amide bonds. The Balaban J connectivity index is 1.46. The van der Waals surface area contributed by atoms with Crippen LogP contribution in [0.5, 0.6) is 5.75 Å². The van der Waals surface area contributed by atoms with Gasteiger partial charge < -0.3 is 15.0 Å². The highest BCUT2D eigenvalue weighted by Gasteiger charge is 2.24. The van der Waals surface area contributed by atoms with E-state index in [1.165, 1.54) is 11.6 Å². The lowest BCUT2D eigenvalue weighted by Gasteiger charge is -2.32. The highest BCUT2D eigenvalue weighted by atomic mass is 19.1. The highest BCUT2D eigenvalue weighted by molar-refractivity contribution is 5.94. The smallest absolute Gasteiger partial charge is 0.256 e. The van der Waals surface area contributed by atoms with E-state index < -0.39 is 5.82 Å². The number of hydrogen-bond donors (Lipinski definition) is 1. The van der Waals surface area contributed by atoms with Gasteiger partial charge in [0.15, 0.2) is 0 Å². The van der Waals surface area contributed by atoms with Gasteiger partial charge >= 0.3 is 0 Å². The molecule has 0 unspecified atom stereocenters. The molecular weight excluding hydrogens is 343 g/mol. The zero-order valence-electron chi connectivity index (χ0n) is 16.0. The Bertz CT molecular complexity index is 753. The second kappa shape index (κ2) is 9.00. The molecule has 0 aliphatic carbocycles. The third kappa shape index (κ3) is 5.30. The summed E-state index contributed by atoms with van der Waals surface area (Å²) in [7, 11) is 0. The fraction of sp³-hybridized carbons (Fsp3) is 0.409. The van der Waals surface area contributed by atoms with E-state index in [0.29, 0.717) is 19.1 Å². The molecule has 1 N–H and O–H groups in total. The number of halogens is 1. The number of nitrogens with one attached hydrogen (secondary N) is 1. The molecule has 0 radical (unpaired) electrons. The lowest BCUT2D eigenvalue weighted by molar-refractivity contribution is 0.0700. The molecule has 4 nitrogen and oxygen atoms in total. The average Bonchev–Trinajstić information content (AvgIpc) is 2.67. The van der Waals surface area contributed by atoms with E-state index in [1.54, 1.807) is 23.1 Å². The van der Waals surface area contributed by atoms with Crippen molar-refractivity contribution in [3.05, 3.63) is 65.5 Å². The first-order chi connectivity index (χ1) is 13.0. The molecule has 3 rings (SSSR count). The first-order valence-corrected chi connectivity index (χ1v) is 9.55. The molecule has 1 aliphatic heterocycles. The van der Waals surface area contributed by atoms with Crippen LogP contribution in [0.25, 0.3) is 0 Å². The molecule has 5 heteroatoms. The van der Waals surface area contributed by atoms with Crippen molar-refractivity contribution >= 4 is 5.91 Å². The van der Waals surface area contributed by atoms with Gasteiger partial charge in [-0.25, -0.2) is 4.39 Å². The van der Waals surface area contributed by atoms with Crippen molar-refractivity contribution < 1.29 is 13.9 Å². The van der Waals surface area contributed by atoms with Crippen molar-refractivity contribution in [1.82, 2.24) is 10.2 Å². The van der Waals surface area contributed by atoms with E-state index in [1.807, 2.05) is 26.0 Å². The first-order valence-electron chi connectivity index (χ1n) is 9.55.